The number of rotatable bonds is 3. The Balaban J connectivity index is 1.75. The van der Waals surface area contributed by atoms with Crippen molar-refractivity contribution in [3.8, 4) is 11.9 Å². The van der Waals surface area contributed by atoms with Gasteiger partial charge in [0.1, 0.15) is 0 Å². The highest BCUT2D eigenvalue weighted by Crippen LogP contribution is 2.53. The summed E-state index contributed by atoms with van der Waals surface area (Å²) < 4.78 is 10.1. The first-order valence-corrected chi connectivity index (χ1v) is 7.17. The van der Waals surface area contributed by atoms with Gasteiger partial charge in [-0.2, -0.15) is 9.97 Å². The number of carbonyl (C=O) groups is 2. The molecule has 2 heterocycles. The Labute approximate surface area is 126 Å². The molecule has 2 aliphatic carbocycles. The third-order valence-electron chi connectivity index (χ3n) is 4.76. The van der Waals surface area contributed by atoms with Gasteiger partial charge in [-0.25, -0.2) is 4.90 Å². The normalized spacial score (nSPS) is 31.8. The summed E-state index contributed by atoms with van der Waals surface area (Å²) in [6.07, 6.45) is 5.01. The summed E-state index contributed by atoms with van der Waals surface area (Å²) in [5.74, 6) is -0.0783. The molecular weight excluding hydrogens is 286 g/mol. The van der Waals surface area contributed by atoms with Crippen molar-refractivity contribution in [2.45, 2.75) is 6.42 Å². The van der Waals surface area contributed by atoms with Crippen LogP contribution in [0.15, 0.2) is 18.2 Å². The fraction of sp³-hybridized carbons (Fsp3) is 0.467. The number of methoxy groups -OCH3 is 2. The number of fused-ring (bicyclic) bond motifs is 5. The topological polar surface area (TPSA) is 81.6 Å². The first-order chi connectivity index (χ1) is 10.6. The molecule has 1 saturated heterocycles. The average molecular weight is 301 g/mol. The summed E-state index contributed by atoms with van der Waals surface area (Å²) >= 11 is 0. The molecule has 7 heteroatoms. The maximum atomic E-state index is 12.7. The maximum Gasteiger partial charge on any atom is 0.321 e. The van der Waals surface area contributed by atoms with Gasteiger partial charge < -0.3 is 9.47 Å². The van der Waals surface area contributed by atoms with E-state index in [1.807, 2.05) is 0 Å². The molecular formula is C15H15N3O4. The van der Waals surface area contributed by atoms with Crippen LogP contribution in [-0.2, 0) is 9.59 Å². The van der Waals surface area contributed by atoms with Crippen molar-refractivity contribution < 1.29 is 19.1 Å². The molecule has 7 nitrogen and oxygen atoms in total. The fourth-order valence-corrected chi connectivity index (χ4v) is 3.83. The summed E-state index contributed by atoms with van der Waals surface area (Å²) in [6.45, 7) is 0. The smallest absolute Gasteiger partial charge is 0.321 e. The van der Waals surface area contributed by atoms with E-state index in [1.54, 1.807) is 0 Å². The summed E-state index contributed by atoms with van der Waals surface area (Å²) in [5, 5.41) is 0. The van der Waals surface area contributed by atoms with Gasteiger partial charge in [0.15, 0.2) is 5.82 Å². The van der Waals surface area contributed by atoms with Crippen molar-refractivity contribution in [3.05, 3.63) is 18.2 Å². The summed E-state index contributed by atoms with van der Waals surface area (Å²) in [4.78, 5) is 34.7. The Morgan fingerprint density at radius 3 is 2.23 bits per heavy atom. The Morgan fingerprint density at radius 2 is 1.68 bits per heavy atom. The highest BCUT2D eigenvalue weighted by Gasteiger charge is 2.60. The molecule has 0 aromatic carbocycles. The molecule has 1 aromatic rings. The second-order valence-electron chi connectivity index (χ2n) is 5.77. The van der Waals surface area contributed by atoms with Crippen molar-refractivity contribution in [2.75, 3.05) is 19.1 Å². The van der Waals surface area contributed by atoms with Crippen LogP contribution in [0.25, 0.3) is 0 Å². The molecule has 3 aliphatic rings. The van der Waals surface area contributed by atoms with Crippen molar-refractivity contribution >= 4 is 17.6 Å². The van der Waals surface area contributed by atoms with Gasteiger partial charge in [0.25, 0.3) is 0 Å². The third-order valence-corrected chi connectivity index (χ3v) is 4.76. The SMILES string of the molecule is COc1cc(N2C(=O)C3C4C=CC(C4)C3C2=O)nc(OC)n1. The van der Waals surface area contributed by atoms with E-state index in [-0.39, 0.29) is 53.2 Å². The number of carbonyl (C=O) groups excluding carboxylic acids is 2. The van der Waals surface area contributed by atoms with E-state index in [2.05, 4.69) is 22.1 Å². The first kappa shape index (κ1) is 13.2. The van der Waals surface area contributed by atoms with Crippen LogP contribution in [0.5, 0.6) is 11.9 Å². The first-order valence-electron chi connectivity index (χ1n) is 7.17. The Hall–Kier alpha value is -2.44. The zero-order chi connectivity index (χ0) is 15.4. The lowest BCUT2D eigenvalue weighted by Gasteiger charge is -2.17. The van der Waals surface area contributed by atoms with Crippen LogP contribution in [0.2, 0.25) is 0 Å². The van der Waals surface area contributed by atoms with Crippen LogP contribution >= 0.6 is 0 Å². The molecule has 2 amide bonds. The predicted molar refractivity (Wildman–Crippen MR) is 75.3 cm³/mol. The van der Waals surface area contributed by atoms with Crippen LogP contribution in [0, 0.1) is 23.7 Å². The lowest BCUT2D eigenvalue weighted by atomic mass is 9.85. The van der Waals surface area contributed by atoms with Gasteiger partial charge in [-0.1, -0.05) is 12.2 Å². The Kier molecular flexibility index (Phi) is 2.72. The minimum absolute atomic E-state index is 0.0631. The molecule has 114 valence electrons. The zero-order valence-corrected chi connectivity index (χ0v) is 12.2. The van der Waals surface area contributed by atoms with E-state index in [4.69, 9.17) is 9.47 Å². The maximum absolute atomic E-state index is 12.7. The number of allylic oxidation sites excluding steroid dienone is 2. The van der Waals surface area contributed by atoms with E-state index in [0.717, 1.165) is 11.3 Å². The molecule has 1 aromatic heterocycles. The predicted octanol–water partition coefficient (Wildman–Crippen LogP) is 0.805. The Morgan fingerprint density at radius 1 is 1.05 bits per heavy atom. The summed E-state index contributed by atoms with van der Waals surface area (Å²) in [7, 11) is 2.88. The van der Waals surface area contributed by atoms with Crippen molar-refractivity contribution in [1.29, 1.82) is 0 Å². The minimum Gasteiger partial charge on any atom is -0.481 e. The number of amides is 2. The van der Waals surface area contributed by atoms with Crippen LogP contribution in [0.4, 0.5) is 5.82 Å². The van der Waals surface area contributed by atoms with Gasteiger partial charge in [0.2, 0.25) is 17.7 Å². The lowest BCUT2D eigenvalue weighted by Crippen LogP contribution is -2.33. The molecule has 1 aliphatic heterocycles. The van der Waals surface area contributed by atoms with Crippen LogP contribution in [0.3, 0.4) is 0 Å². The number of aromatic nitrogens is 2. The largest absolute Gasteiger partial charge is 0.481 e. The van der Waals surface area contributed by atoms with Gasteiger partial charge in [0.05, 0.1) is 26.1 Å². The standard InChI is InChI=1S/C15H15N3O4/c1-21-10-6-9(16-15(17-10)22-2)18-13(19)11-7-3-4-8(5-7)12(11)14(18)20/h3-4,6-8,11-12H,5H2,1-2H3. The number of hydrogen-bond acceptors (Lipinski definition) is 6. The van der Waals surface area contributed by atoms with E-state index in [9.17, 15) is 9.59 Å². The molecule has 22 heavy (non-hydrogen) atoms. The van der Waals surface area contributed by atoms with Gasteiger partial charge in [-0.15, -0.1) is 0 Å². The second-order valence-corrected chi connectivity index (χ2v) is 5.77. The molecule has 2 fully saturated rings. The highest BCUT2D eigenvalue weighted by atomic mass is 16.5. The summed E-state index contributed by atoms with van der Waals surface area (Å²) in [5.41, 5.74) is 0. The van der Waals surface area contributed by atoms with Gasteiger partial charge >= 0.3 is 6.01 Å². The van der Waals surface area contributed by atoms with Crippen LogP contribution in [-0.4, -0.2) is 36.0 Å². The van der Waals surface area contributed by atoms with Crippen molar-refractivity contribution in [1.82, 2.24) is 9.97 Å². The molecule has 4 atom stereocenters. The van der Waals surface area contributed by atoms with Gasteiger partial charge in [0, 0.05) is 6.07 Å². The van der Waals surface area contributed by atoms with Crippen molar-refractivity contribution in [3.63, 3.8) is 0 Å². The summed E-state index contributed by atoms with van der Waals surface area (Å²) in [6, 6.07) is 1.54. The second kappa shape index (κ2) is 4.53. The molecule has 1 saturated carbocycles. The molecule has 0 N–H and O–H groups in total. The van der Waals surface area contributed by atoms with E-state index in [0.29, 0.717) is 0 Å². The number of nitrogens with zero attached hydrogens (tertiary/aromatic N) is 3. The average Bonchev–Trinajstić information content (AvgIpc) is 3.20. The van der Waals surface area contributed by atoms with E-state index in [1.165, 1.54) is 20.3 Å². The number of imide groups is 1. The molecule has 0 spiro atoms. The number of hydrogen-bond donors (Lipinski definition) is 0. The molecule has 2 bridgehead atoms. The van der Waals surface area contributed by atoms with Crippen LogP contribution < -0.4 is 14.4 Å². The number of ether oxygens (including phenoxy) is 2. The molecule has 0 radical (unpaired) electrons. The van der Waals surface area contributed by atoms with E-state index >= 15 is 0 Å². The monoisotopic (exact) mass is 301 g/mol. The third kappa shape index (κ3) is 1.62. The minimum atomic E-state index is -0.255. The Bertz CT molecular complexity index is 650. The lowest BCUT2D eigenvalue weighted by molar-refractivity contribution is -0.123. The quantitative estimate of drug-likeness (QED) is 0.607. The molecule has 4 unspecified atom stereocenters. The van der Waals surface area contributed by atoms with Crippen molar-refractivity contribution in [2.24, 2.45) is 23.7 Å². The van der Waals surface area contributed by atoms with Crippen LogP contribution in [0.1, 0.15) is 6.42 Å². The zero-order valence-electron chi connectivity index (χ0n) is 12.2. The highest BCUT2D eigenvalue weighted by molar-refractivity contribution is 6.22. The van der Waals surface area contributed by atoms with Gasteiger partial charge in [-0.05, 0) is 18.3 Å². The van der Waals surface area contributed by atoms with E-state index < -0.39 is 0 Å². The fourth-order valence-electron chi connectivity index (χ4n) is 3.83. The van der Waals surface area contributed by atoms with Gasteiger partial charge in [-0.3, -0.25) is 9.59 Å². The molecule has 4 rings (SSSR count). The number of anilines is 1.